The predicted octanol–water partition coefficient (Wildman–Crippen LogP) is 3.39. The fourth-order valence-electron chi connectivity index (χ4n) is 1.90. The molecule has 0 fully saturated rings. The first kappa shape index (κ1) is 15.8. The lowest BCUT2D eigenvalue weighted by atomic mass is 10.1. The summed E-state index contributed by atoms with van der Waals surface area (Å²) >= 11 is 5.83. The maximum atomic E-state index is 12.3. The zero-order chi connectivity index (χ0) is 15.5. The van der Waals surface area contributed by atoms with Gasteiger partial charge in [0.15, 0.2) is 0 Å². The molecule has 0 saturated heterocycles. The predicted molar refractivity (Wildman–Crippen MR) is 83.2 cm³/mol. The largest absolute Gasteiger partial charge is 0.497 e. The summed E-state index contributed by atoms with van der Waals surface area (Å²) in [5.41, 5.74) is 0.849. The Bertz CT molecular complexity index is 714. The van der Waals surface area contributed by atoms with Gasteiger partial charge in [-0.15, -0.1) is 0 Å². The number of rotatable bonds is 5. The van der Waals surface area contributed by atoms with E-state index in [1.807, 2.05) is 12.1 Å². The van der Waals surface area contributed by atoms with Crippen LogP contribution in [0.5, 0.6) is 5.75 Å². The van der Waals surface area contributed by atoms with Gasteiger partial charge >= 0.3 is 0 Å². The van der Waals surface area contributed by atoms with Crippen LogP contribution in [0.1, 0.15) is 18.5 Å². The SMILES string of the molecule is COc1ccc(C(C)NS(=O)(=O)c2cccc(Cl)c2)cc1. The van der Waals surface area contributed by atoms with Crippen LogP contribution in [0.4, 0.5) is 0 Å². The Hall–Kier alpha value is -1.56. The standard InChI is InChI=1S/C15H16ClNO3S/c1-11(12-6-8-14(20-2)9-7-12)17-21(18,19)15-5-3-4-13(16)10-15/h3-11,17H,1-2H3. The maximum Gasteiger partial charge on any atom is 0.241 e. The molecule has 0 heterocycles. The number of halogens is 1. The van der Waals surface area contributed by atoms with E-state index in [4.69, 9.17) is 16.3 Å². The van der Waals surface area contributed by atoms with E-state index in [9.17, 15) is 8.42 Å². The Labute approximate surface area is 129 Å². The van der Waals surface area contributed by atoms with E-state index in [1.54, 1.807) is 38.3 Å². The van der Waals surface area contributed by atoms with Crippen molar-refractivity contribution in [1.82, 2.24) is 4.72 Å². The summed E-state index contributed by atoms with van der Waals surface area (Å²) in [5.74, 6) is 0.726. The quantitative estimate of drug-likeness (QED) is 0.916. The molecule has 2 rings (SSSR count). The summed E-state index contributed by atoms with van der Waals surface area (Å²) in [7, 11) is -2.03. The smallest absolute Gasteiger partial charge is 0.241 e. The van der Waals surface area contributed by atoms with Crippen LogP contribution in [0.25, 0.3) is 0 Å². The highest BCUT2D eigenvalue weighted by Gasteiger charge is 2.18. The van der Waals surface area contributed by atoms with Crippen molar-refractivity contribution in [2.45, 2.75) is 17.9 Å². The minimum absolute atomic E-state index is 0.148. The first-order valence-corrected chi connectivity index (χ1v) is 8.20. The third-order valence-corrected chi connectivity index (χ3v) is 4.83. The number of hydrogen-bond donors (Lipinski definition) is 1. The molecule has 2 aromatic carbocycles. The molecule has 0 aliphatic carbocycles. The van der Waals surface area contributed by atoms with Crippen LogP contribution in [-0.4, -0.2) is 15.5 Å². The van der Waals surface area contributed by atoms with E-state index >= 15 is 0 Å². The first-order valence-electron chi connectivity index (χ1n) is 6.34. The van der Waals surface area contributed by atoms with Gasteiger partial charge in [0, 0.05) is 11.1 Å². The molecule has 0 aliphatic rings. The van der Waals surface area contributed by atoms with Crippen LogP contribution in [0.2, 0.25) is 5.02 Å². The van der Waals surface area contributed by atoms with Gasteiger partial charge in [-0.25, -0.2) is 13.1 Å². The summed E-state index contributed by atoms with van der Waals surface area (Å²) in [6, 6.07) is 13.0. The van der Waals surface area contributed by atoms with Crippen LogP contribution in [0.15, 0.2) is 53.4 Å². The minimum atomic E-state index is -3.61. The van der Waals surface area contributed by atoms with Crippen molar-refractivity contribution in [3.8, 4) is 5.75 Å². The topological polar surface area (TPSA) is 55.4 Å². The van der Waals surface area contributed by atoms with Crippen LogP contribution in [0, 0.1) is 0 Å². The Morgan fingerprint density at radius 3 is 2.38 bits per heavy atom. The molecule has 0 saturated carbocycles. The molecule has 0 bridgehead atoms. The Kier molecular flexibility index (Phi) is 4.88. The molecule has 0 spiro atoms. The zero-order valence-electron chi connectivity index (χ0n) is 11.7. The number of sulfonamides is 1. The van der Waals surface area contributed by atoms with Crippen molar-refractivity contribution in [3.63, 3.8) is 0 Å². The Balaban J connectivity index is 2.19. The molecule has 0 aliphatic heterocycles. The first-order chi connectivity index (χ1) is 9.92. The second-order valence-corrected chi connectivity index (χ2v) is 6.72. The highest BCUT2D eigenvalue weighted by Crippen LogP contribution is 2.21. The molecular formula is C15H16ClNO3S. The molecule has 4 nitrogen and oxygen atoms in total. The molecule has 0 aromatic heterocycles. The van der Waals surface area contributed by atoms with E-state index in [-0.39, 0.29) is 10.9 Å². The van der Waals surface area contributed by atoms with Crippen LogP contribution >= 0.6 is 11.6 Å². The van der Waals surface area contributed by atoms with Crippen molar-refractivity contribution in [1.29, 1.82) is 0 Å². The van der Waals surface area contributed by atoms with E-state index in [0.717, 1.165) is 11.3 Å². The molecule has 1 N–H and O–H groups in total. The molecule has 0 radical (unpaired) electrons. The third-order valence-electron chi connectivity index (χ3n) is 3.05. The molecule has 1 atom stereocenters. The second-order valence-electron chi connectivity index (χ2n) is 4.57. The van der Waals surface area contributed by atoms with Gasteiger partial charge in [0.2, 0.25) is 10.0 Å². The highest BCUT2D eigenvalue weighted by molar-refractivity contribution is 7.89. The minimum Gasteiger partial charge on any atom is -0.497 e. The molecule has 6 heteroatoms. The van der Waals surface area contributed by atoms with Gasteiger partial charge in [-0.3, -0.25) is 0 Å². The van der Waals surface area contributed by atoms with Gasteiger partial charge in [-0.2, -0.15) is 0 Å². The van der Waals surface area contributed by atoms with Gasteiger partial charge in [-0.05, 0) is 42.8 Å². The normalized spacial score (nSPS) is 12.9. The highest BCUT2D eigenvalue weighted by atomic mass is 35.5. The van der Waals surface area contributed by atoms with E-state index in [2.05, 4.69) is 4.72 Å². The van der Waals surface area contributed by atoms with E-state index < -0.39 is 10.0 Å². The number of benzene rings is 2. The van der Waals surface area contributed by atoms with Crippen molar-refractivity contribution < 1.29 is 13.2 Å². The van der Waals surface area contributed by atoms with Crippen LogP contribution in [-0.2, 0) is 10.0 Å². The average molecular weight is 326 g/mol. The van der Waals surface area contributed by atoms with Crippen molar-refractivity contribution in [3.05, 3.63) is 59.1 Å². The van der Waals surface area contributed by atoms with Gasteiger partial charge < -0.3 is 4.74 Å². The third kappa shape index (κ3) is 3.97. The second kappa shape index (κ2) is 6.47. The van der Waals surface area contributed by atoms with Crippen molar-refractivity contribution in [2.24, 2.45) is 0 Å². The van der Waals surface area contributed by atoms with Gasteiger partial charge in [0.25, 0.3) is 0 Å². The summed E-state index contributed by atoms with van der Waals surface area (Å²) < 4.78 is 32.3. The average Bonchev–Trinajstić information content (AvgIpc) is 2.47. The van der Waals surface area contributed by atoms with E-state index in [0.29, 0.717) is 5.02 Å². The summed E-state index contributed by atoms with van der Waals surface area (Å²) in [6.45, 7) is 1.78. The van der Waals surface area contributed by atoms with Gasteiger partial charge in [-0.1, -0.05) is 29.8 Å². The number of nitrogens with one attached hydrogen (secondary N) is 1. The fraction of sp³-hybridized carbons (Fsp3) is 0.200. The van der Waals surface area contributed by atoms with Crippen LogP contribution in [0.3, 0.4) is 0 Å². The lowest BCUT2D eigenvalue weighted by molar-refractivity contribution is 0.414. The monoisotopic (exact) mass is 325 g/mol. The molecule has 2 aromatic rings. The lowest BCUT2D eigenvalue weighted by Crippen LogP contribution is -2.26. The van der Waals surface area contributed by atoms with Gasteiger partial charge in [0.1, 0.15) is 5.75 Å². The summed E-state index contributed by atoms with van der Waals surface area (Å²) in [6.07, 6.45) is 0. The van der Waals surface area contributed by atoms with Gasteiger partial charge in [0.05, 0.1) is 12.0 Å². The van der Waals surface area contributed by atoms with Crippen molar-refractivity contribution in [2.75, 3.05) is 7.11 Å². The molecule has 1 unspecified atom stereocenters. The van der Waals surface area contributed by atoms with Crippen LogP contribution < -0.4 is 9.46 Å². The Morgan fingerprint density at radius 1 is 1.14 bits per heavy atom. The number of methoxy groups -OCH3 is 1. The van der Waals surface area contributed by atoms with Crippen molar-refractivity contribution >= 4 is 21.6 Å². The summed E-state index contributed by atoms with van der Waals surface area (Å²) in [4.78, 5) is 0.148. The molecular weight excluding hydrogens is 310 g/mol. The molecule has 112 valence electrons. The number of ether oxygens (including phenoxy) is 1. The van der Waals surface area contributed by atoms with E-state index in [1.165, 1.54) is 12.1 Å². The maximum absolute atomic E-state index is 12.3. The lowest BCUT2D eigenvalue weighted by Gasteiger charge is -2.15. The molecule has 0 amide bonds. The Morgan fingerprint density at radius 2 is 1.81 bits per heavy atom. The number of hydrogen-bond acceptors (Lipinski definition) is 3. The molecule has 21 heavy (non-hydrogen) atoms. The fourth-order valence-corrected chi connectivity index (χ4v) is 3.43. The summed E-state index contributed by atoms with van der Waals surface area (Å²) in [5, 5.41) is 0.384. The zero-order valence-corrected chi connectivity index (χ0v) is 13.3.